The highest BCUT2D eigenvalue weighted by Gasteiger charge is 2.35. The Bertz CT molecular complexity index is 564. The lowest BCUT2D eigenvalue weighted by Crippen LogP contribution is -2.46. The monoisotopic (exact) mass is 324 g/mol. The molecule has 1 aromatic heterocycles. The summed E-state index contributed by atoms with van der Waals surface area (Å²) >= 11 is 0. The minimum Gasteiger partial charge on any atom is -0.367 e. The van der Waals surface area contributed by atoms with E-state index in [9.17, 15) is 8.42 Å². The summed E-state index contributed by atoms with van der Waals surface area (Å²) < 4.78 is 27.1. The van der Waals surface area contributed by atoms with Crippen molar-refractivity contribution in [2.24, 2.45) is 0 Å². The molecule has 1 saturated heterocycles. The molecule has 0 spiro atoms. The van der Waals surface area contributed by atoms with E-state index in [1.165, 1.54) is 12.7 Å². The molecule has 1 saturated carbocycles. The van der Waals surface area contributed by atoms with Crippen molar-refractivity contribution in [1.29, 1.82) is 0 Å². The second-order valence-corrected chi connectivity index (χ2v) is 8.43. The number of piperidine rings is 1. The van der Waals surface area contributed by atoms with E-state index in [1.807, 2.05) is 6.07 Å². The summed E-state index contributed by atoms with van der Waals surface area (Å²) in [4.78, 5) is 8.06. The summed E-state index contributed by atoms with van der Waals surface area (Å²) in [6.45, 7) is 1.23. The van der Waals surface area contributed by atoms with E-state index in [4.69, 9.17) is 0 Å². The van der Waals surface area contributed by atoms with Crippen LogP contribution in [0.5, 0.6) is 0 Å². The fourth-order valence-electron chi connectivity index (χ4n) is 3.41. The molecule has 0 amide bonds. The summed E-state index contributed by atoms with van der Waals surface area (Å²) in [5.74, 6) is 0.809. The Morgan fingerprint density at radius 1 is 1.09 bits per heavy atom. The highest BCUT2D eigenvalue weighted by molar-refractivity contribution is 7.89. The van der Waals surface area contributed by atoms with Gasteiger partial charge in [-0.25, -0.2) is 22.7 Å². The number of anilines is 1. The topological polar surface area (TPSA) is 75.2 Å². The lowest BCUT2D eigenvalue weighted by molar-refractivity contribution is 0.320. The largest absolute Gasteiger partial charge is 0.367 e. The summed E-state index contributed by atoms with van der Waals surface area (Å²) in [6, 6.07) is 2.12. The van der Waals surface area contributed by atoms with Crippen molar-refractivity contribution < 1.29 is 8.42 Å². The second-order valence-electron chi connectivity index (χ2n) is 6.22. The highest BCUT2D eigenvalue weighted by atomic mass is 32.2. The van der Waals surface area contributed by atoms with Crippen LogP contribution in [0.1, 0.15) is 44.9 Å². The SMILES string of the molecule is O=S(=O)(C1CCCCC1)N1CCC(Nc2ccncn2)CC1. The molecule has 0 unspecified atom stereocenters. The van der Waals surface area contributed by atoms with Gasteiger partial charge in [0, 0.05) is 25.3 Å². The number of nitrogens with zero attached hydrogens (tertiary/aromatic N) is 3. The first-order chi connectivity index (χ1) is 10.7. The lowest BCUT2D eigenvalue weighted by Gasteiger charge is -2.35. The predicted molar refractivity (Wildman–Crippen MR) is 86.0 cm³/mol. The zero-order valence-electron chi connectivity index (χ0n) is 12.8. The van der Waals surface area contributed by atoms with Gasteiger partial charge in [-0.2, -0.15) is 0 Å². The Morgan fingerprint density at radius 3 is 2.45 bits per heavy atom. The molecule has 2 aliphatic rings. The van der Waals surface area contributed by atoms with Gasteiger partial charge in [0.1, 0.15) is 12.1 Å². The molecule has 0 bridgehead atoms. The maximum Gasteiger partial charge on any atom is 0.216 e. The van der Waals surface area contributed by atoms with Gasteiger partial charge >= 0.3 is 0 Å². The number of aromatic nitrogens is 2. The molecule has 0 aromatic carbocycles. The Morgan fingerprint density at radius 2 is 1.82 bits per heavy atom. The second kappa shape index (κ2) is 6.91. The Kier molecular flexibility index (Phi) is 4.93. The molecule has 0 atom stereocenters. The fourth-order valence-corrected chi connectivity index (χ4v) is 5.48. The quantitative estimate of drug-likeness (QED) is 0.917. The third-order valence-electron chi connectivity index (χ3n) is 4.72. The number of rotatable bonds is 4. The van der Waals surface area contributed by atoms with Crippen LogP contribution in [0, 0.1) is 0 Å². The molecule has 122 valence electrons. The van der Waals surface area contributed by atoms with E-state index in [1.54, 1.807) is 10.5 Å². The van der Waals surface area contributed by atoms with Gasteiger partial charge in [-0.3, -0.25) is 0 Å². The maximum absolute atomic E-state index is 12.7. The number of hydrogen-bond acceptors (Lipinski definition) is 5. The summed E-state index contributed by atoms with van der Waals surface area (Å²) in [5, 5.41) is 3.21. The molecule has 1 aliphatic carbocycles. The van der Waals surface area contributed by atoms with Gasteiger partial charge in [0.05, 0.1) is 5.25 Å². The molecule has 1 N–H and O–H groups in total. The Balaban J connectivity index is 1.54. The van der Waals surface area contributed by atoms with Crippen LogP contribution in [0.4, 0.5) is 5.82 Å². The molecular formula is C15H24N4O2S. The van der Waals surface area contributed by atoms with Crippen LogP contribution < -0.4 is 5.32 Å². The van der Waals surface area contributed by atoms with E-state index >= 15 is 0 Å². The van der Waals surface area contributed by atoms with E-state index in [2.05, 4.69) is 15.3 Å². The van der Waals surface area contributed by atoms with Gasteiger partial charge in [0.2, 0.25) is 10.0 Å². The summed E-state index contributed by atoms with van der Waals surface area (Å²) in [7, 11) is -3.10. The zero-order chi connectivity index (χ0) is 15.4. The zero-order valence-corrected chi connectivity index (χ0v) is 13.6. The molecule has 1 aliphatic heterocycles. The number of hydrogen-bond donors (Lipinski definition) is 1. The van der Waals surface area contributed by atoms with Crippen LogP contribution in [-0.4, -0.2) is 47.1 Å². The first kappa shape index (κ1) is 15.7. The minimum absolute atomic E-state index is 0.146. The standard InChI is InChI=1S/C15H24N4O2S/c20-22(21,14-4-2-1-3-5-14)19-10-7-13(8-11-19)18-15-6-9-16-12-17-15/h6,9,12-14H,1-5,7-8,10-11H2,(H,16,17,18). The average Bonchev–Trinajstić information content (AvgIpc) is 2.57. The molecular weight excluding hydrogens is 300 g/mol. The van der Waals surface area contributed by atoms with Crippen LogP contribution >= 0.6 is 0 Å². The van der Waals surface area contributed by atoms with Gasteiger partial charge in [-0.15, -0.1) is 0 Å². The Labute approximate surface area is 132 Å². The van der Waals surface area contributed by atoms with Gasteiger partial charge in [0.25, 0.3) is 0 Å². The fraction of sp³-hybridized carbons (Fsp3) is 0.733. The molecule has 6 nitrogen and oxygen atoms in total. The third kappa shape index (κ3) is 3.57. The molecule has 22 heavy (non-hydrogen) atoms. The van der Waals surface area contributed by atoms with E-state index in [-0.39, 0.29) is 11.3 Å². The normalized spacial score (nSPS) is 22.5. The van der Waals surface area contributed by atoms with E-state index < -0.39 is 10.0 Å². The average molecular weight is 324 g/mol. The minimum atomic E-state index is -3.10. The molecule has 2 fully saturated rings. The van der Waals surface area contributed by atoms with Crippen LogP contribution in [0.3, 0.4) is 0 Å². The molecule has 0 radical (unpaired) electrons. The van der Waals surface area contributed by atoms with Gasteiger partial charge in [-0.05, 0) is 31.7 Å². The molecule has 3 rings (SSSR count). The van der Waals surface area contributed by atoms with Crippen molar-refractivity contribution in [3.05, 3.63) is 18.6 Å². The van der Waals surface area contributed by atoms with E-state index in [0.29, 0.717) is 13.1 Å². The van der Waals surface area contributed by atoms with Crippen LogP contribution in [0.25, 0.3) is 0 Å². The maximum atomic E-state index is 12.7. The lowest BCUT2D eigenvalue weighted by atomic mass is 10.0. The van der Waals surface area contributed by atoms with Crippen LogP contribution in [0.2, 0.25) is 0 Å². The van der Waals surface area contributed by atoms with E-state index in [0.717, 1.165) is 44.3 Å². The number of nitrogens with one attached hydrogen (secondary N) is 1. The first-order valence-electron chi connectivity index (χ1n) is 8.18. The Hall–Kier alpha value is -1.21. The van der Waals surface area contributed by atoms with Crippen molar-refractivity contribution in [3.8, 4) is 0 Å². The smallest absolute Gasteiger partial charge is 0.216 e. The highest BCUT2D eigenvalue weighted by Crippen LogP contribution is 2.28. The van der Waals surface area contributed by atoms with Crippen LogP contribution in [0.15, 0.2) is 18.6 Å². The molecule has 2 heterocycles. The van der Waals surface area contributed by atoms with Gasteiger partial charge in [0.15, 0.2) is 0 Å². The van der Waals surface area contributed by atoms with Gasteiger partial charge < -0.3 is 5.32 Å². The van der Waals surface area contributed by atoms with Crippen LogP contribution in [-0.2, 0) is 10.0 Å². The number of sulfonamides is 1. The van der Waals surface area contributed by atoms with Crippen molar-refractivity contribution in [2.45, 2.75) is 56.2 Å². The third-order valence-corrected chi connectivity index (χ3v) is 7.12. The van der Waals surface area contributed by atoms with Gasteiger partial charge in [-0.1, -0.05) is 19.3 Å². The molecule has 7 heteroatoms. The molecule has 1 aromatic rings. The first-order valence-corrected chi connectivity index (χ1v) is 9.68. The van der Waals surface area contributed by atoms with Crippen molar-refractivity contribution in [3.63, 3.8) is 0 Å². The summed E-state index contributed by atoms with van der Waals surface area (Å²) in [5.41, 5.74) is 0. The van der Waals surface area contributed by atoms with Crippen molar-refractivity contribution in [2.75, 3.05) is 18.4 Å². The predicted octanol–water partition coefficient (Wildman–Crippen LogP) is 2.02. The van der Waals surface area contributed by atoms with Crippen molar-refractivity contribution in [1.82, 2.24) is 14.3 Å². The van der Waals surface area contributed by atoms with Crippen molar-refractivity contribution >= 4 is 15.8 Å². The summed E-state index contributed by atoms with van der Waals surface area (Å²) in [6.07, 6.45) is 9.83.